The van der Waals surface area contributed by atoms with E-state index in [1.54, 1.807) is 6.20 Å². The summed E-state index contributed by atoms with van der Waals surface area (Å²) in [5.41, 5.74) is 11.6. The number of benzene rings is 2. The summed E-state index contributed by atoms with van der Waals surface area (Å²) in [6.07, 6.45) is 1.33. The molecule has 0 aliphatic heterocycles. The number of rotatable bonds is 5. The van der Waals surface area contributed by atoms with Gasteiger partial charge in [0.05, 0.1) is 11.9 Å². The summed E-state index contributed by atoms with van der Waals surface area (Å²) in [6.45, 7) is 9.87. The molecule has 0 radical (unpaired) electrons. The highest BCUT2D eigenvalue weighted by molar-refractivity contribution is 6.31. The van der Waals surface area contributed by atoms with Crippen molar-refractivity contribution in [3.8, 4) is 17.1 Å². The molecule has 0 aliphatic rings. The van der Waals surface area contributed by atoms with Gasteiger partial charge in [-0.25, -0.2) is 9.97 Å². The number of anilines is 1. The fourth-order valence-electron chi connectivity index (χ4n) is 2.94. The van der Waals surface area contributed by atoms with Crippen molar-refractivity contribution in [2.45, 2.75) is 26.9 Å². The molecule has 27 heavy (non-hydrogen) atoms. The average molecular weight is 380 g/mol. The summed E-state index contributed by atoms with van der Waals surface area (Å²) in [5.74, 6) is 0.534. The first-order valence-electron chi connectivity index (χ1n) is 8.67. The van der Waals surface area contributed by atoms with E-state index in [1.165, 1.54) is 0 Å². The van der Waals surface area contributed by atoms with Crippen LogP contribution in [-0.2, 0) is 0 Å². The SMILES string of the molecule is C=C(C)c1cccc(-c2cnc(N)c(OC(C)c3c(C)cccc3Cl)n2)c1. The Morgan fingerprint density at radius 2 is 1.96 bits per heavy atom. The van der Waals surface area contributed by atoms with Crippen LogP contribution in [0.15, 0.2) is 55.2 Å². The number of nitrogens with zero attached hydrogens (tertiary/aromatic N) is 2. The van der Waals surface area contributed by atoms with Crippen LogP contribution in [0.4, 0.5) is 5.82 Å². The number of aryl methyl sites for hydroxylation is 1. The number of hydrogen-bond acceptors (Lipinski definition) is 4. The van der Waals surface area contributed by atoms with Gasteiger partial charge in [-0.05, 0) is 44.0 Å². The van der Waals surface area contributed by atoms with E-state index in [4.69, 9.17) is 22.1 Å². The lowest BCUT2D eigenvalue weighted by atomic mass is 10.0. The normalized spacial score (nSPS) is 11.9. The smallest absolute Gasteiger partial charge is 0.258 e. The van der Waals surface area contributed by atoms with E-state index >= 15 is 0 Å². The highest BCUT2D eigenvalue weighted by Gasteiger charge is 2.17. The summed E-state index contributed by atoms with van der Waals surface area (Å²) >= 11 is 6.35. The topological polar surface area (TPSA) is 61.0 Å². The maximum atomic E-state index is 6.35. The molecular formula is C22H22ClN3O. The van der Waals surface area contributed by atoms with E-state index in [-0.39, 0.29) is 11.9 Å². The molecule has 1 unspecified atom stereocenters. The Morgan fingerprint density at radius 1 is 1.22 bits per heavy atom. The molecule has 0 aliphatic carbocycles. The number of nitrogen functional groups attached to an aromatic ring is 1. The Balaban J connectivity index is 1.94. The monoisotopic (exact) mass is 379 g/mol. The van der Waals surface area contributed by atoms with Gasteiger partial charge >= 0.3 is 0 Å². The Kier molecular flexibility index (Phi) is 5.47. The summed E-state index contributed by atoms with van der Waals surface area (Å²) in [7, 11) is 0. The van der Waals surface area contributed by atoms with E-state index in [0.717, 1.165) is 27.8 Å². The number of ether oxygens (including phenoxy) is 1. The Bertz CT molecular complexity index is 980. The zero-order valence-corrected chi connectivity index (χ0v) is 16.4. The van der Waals surface area contributed by atoms with Gasteiger partial charge in [-0.15, -0.1) is 0 Å². The van der Waals surface area contributed by atoms with Crippen molar-refractivity contribution < 1.29 is 4.74 Å². The third kappa shape index (κ3) is 4.12. The van der Waals surface area contributed by atoms with Gasteiger partial charge in [-0.1, -0.05) is 54.1 Å². The first kappa shape index (κ1) is 18.9. The first-order valence-corrected chi connectivity index (χ1v) is 9.05. The van der Waals surface area contributed by atoms with Gasteiger partial charge in [0.15, 0.2) is 5.82 Å². The summed E-state index contributed by atoms with van der Waals surface area (Å²) in [6, 6.07) is 13.7. The predicted molar refractivity (Wildman–Crippen MR) is 112 cm³/mol. The van der Waals surface area contributed by atoms with Gasteiger partial charge in [-0.3, -0.25) is 0 Å². The zero-order valence-electron chi connectivity index (χ0n) is 15.7. The summed E-state index contributed by atoms with van der Waals surface area (Å²) in [4.78, 5) is 8.84. The zero-order chi connectivity index (χ0) is 19.6. The molecule has 0 fully saturated rings. The Morgan fingerprint density at radius 3 is 2.67 bits per heavy atom. The molecule has 4 nitrogen and oxygen atoms in total. The second-order valence-electron chi connectivity index (χ2n) is 6.54. The molecule has 0 saturated carbocycles. The van der Waals surface area contributed by atoms with Gasteiger partial charge in [0.2, 0.25) is 0 Å². The molecule has 5 heteroatoms. The minimum absolute atomic E-state index is 0.242. The molecule has 138 valence electrons. The van der Waals surface area contributed by atoms with Gasteiger partial charge in [0, 0.05) is 16.1 Å². The molecule has 2 aromatic carbocycles. The van der Waals surface area contributed by atoms with Crippen LogP contribution < -0.4 is 10.5 Å². The van der Waals surface area contributed by atoms with Crippen molar-refractivity contribution in [2.24, 2.45) is 0 Å². The highest BCUT2D eigenvalue weighted by atomic mass is 35.5. The van der Waals surface area contributed by atoms with Gasteiger partial charge in [-0.2, -0.15) is 0 Å². The molecular weight excluding hydrogens is 358 g/mol. The van der Waals surface area contributed by atoms with E-state index < -0.39 is 0 Å². The molecule has 1 aromatic heterocycles. The average Bonchev–Trinajstić information content (AvgIpc) is 2.63. The predicted octanol–water partition coefficient (Wildman–Crippen LogP) is 5.86. The first-order chi connectivity index (χ1) is 12.9. The number of allylic oxidation sites excluding steroid dienone is 1. The Labute approximate surface area is 164 Å². The lowest BCUT2D eigenvalue weighted by molar-refractivity contribution is 0.218. The second kappa shape index (κ2) is 7.80. The third-order valence-electron chi connectivity index (χ3n) is 4.38. The van der Waals surface area contributed by atoms with Gasteiger partial charge in [0.25, 0.3) is 5.88 Å². The lowest BCUT2D eigenvalue weighted by Gasteiger charge is -2.19. The van der Waals surface area contributed by atoms with Crippen LogP contribution in [0.5, 0.6) is 5.88 Å². The fraction of sp³-hybridized carbons (Fsp3) is 0.182. The molecule has 3 rings (SSSR count). The van der Waals surface area contributed by atoms with Crippen LogP contribution in [0.25, 0.3) is 16.8 Å². The highest BCUT2D eigenvalue weighted by Crippen LogP contribution is 2.32. The minimum atomic E-state index is -0.313. The largest absolute Gasteiger partial charge is 0.467 e. The van der Waals surface area contributed by atoms with E-state index in [2.05, 4.69) is 16.5 Å². The van der Waals surface area contributed by atoms with Crippen LogP contribution in [0, 0.1) is 6.92 Å². The minimum Gasteiger partial charge on any atom is -0.467 e. The number of halogens is 1. The van der Waals surface area contributed by atoms with Crippen molar-refractivity contribution in [3.63, 3.8) is 0 Å². The number of aromatic nitrogens is 2. The molecule has 0 saturated heterocycles. The summed E-state index contributed by atoms with van der Waals surface area (Å²) < 4.78 is 6.03. The number of nitrogens with two attached hydrogens (primary N) is 1. The third-order valence-corrected chi connectivity index (χ3v) is 4.71. The summed E-state index contributed by atoms with van der Waals surface area (Å²) in [5, 5.41) is 0.652. The molecule has 0 spiro atoms. The fourth-order valence-corrected chi connectivity index (χ4v) is 3.31. The standard InChI is InChI=1S/C22H22ClN3O/c1-13(2)16-8-6-9-17(11-16)19-12-25-21(24)22(26-19)27-15(4)20-14(3)7-5-10-18(20)23/h5-12,15H,1H2,2-4H3,(H2,24,25). The van der Waals surface area contributed by atoms with Crippen molar-refractivity contribution >= 4 is 23.0 Å². The van der Waals surface area contributed by atoms with Gasteiger partial charge < -0.3 is 10.5 Å². The number of hydrogen-bond donors (Lipinski definition) is 1. The van der Waals surface area contributed by atoms with Crippen molar-refractivity contribution in [1.29, 1.82) is 0 Å². The molecule has 1 atom stereocenters. The van der Waals surface area contributed by atoms with E-state index in [9.17, 15) is 0 Å². The van der Waals surface area contributed by atoms with E-state index in [1.807, 2.05) is 63.2 Å². The second-order valence-corrected chi connectivity index (χ2v) is 6.94. The maximum Gasteiger partial charge on any atom is 0.258 e. The van der Waals surface area contributed by atoms with E-state index in [0.29, 0.717) is 16.6 Å². The lowest BCUT2D eigenvalue weighted by Crippen LogP contribution is -2.09. The van der Waals surface area contributed by atoms with Crippen molar-refractivity contribution in [2.75, 3.05) is 5.73 Å². The van der Waals surface area contributed by atoms with Crippen LogP contribution in [-0.4, -0.2) is 9.97 Å². The Hall–Kier alpha value is -2.85. The van der Waals surface area contributed by atoms with Crippen LogP contribution in [0.1, 0.15) is 36.6 Å². The molecule has 3 aromatic rings. The molecule has 0 amide bonds. The van der Waals surface area contributed by atoms with Gasteiger partial charge in [0.1, 0.15) is 6.10 Å². The molecule has 0 bridgehead atoms. The maximum absolute atomic E-state index is 6.35. The molecule has 2 N–H and O–H groups in total. The van der Waals surface area contributed by atoms with Crippen LogP contribution in [0.2, 0.25) is 5.02 Å². The van der Waals surface area contributed by atoms with Crippen LogP contribution in [0.3, 0.4) is 0 Å². The molecule has 1 heterocycles. The van der Waals surface area contributed by atoms with Crippen molar-refractivity contribution in [3.05, 3.63) is 77.0 Å². The van der Waals surface area contributed by atoms with Crippen molar-refractivity contribution in [1.82, 2.24) is 9.97 Å². The quantitative estimate of drug-likeness (QED) is 0.603. The van der Waals surface area contributed by atoms with Crippen LogP contribution >= 0.6 is 11.6 Å².